The van der Waals surface area contributed by atoms with Gasteiger partial charge in [-0.25, -0.2) is 0 Å². The van der Waals surface area contributed by atoms with Gasteiger partial charge in [-0.1, -0.05) is 25.6 Å². The second-order valence-electron chi connectivity index (χ2n) is 3.69. The SMILES string of the molecule is CCCC(C(=O)NCc1cc(Br)cs1)C(N)=S. The van der Waals surface area contributed by atoms with E-state index >= 15 is 0 Å². The zero-order chi connectivity index (χ0) is 12.8. The first kappa shape index (κ1) is 14.6. The van der Waals surface area contributed by atoms with Gasteiger partial charge in [0, 0.05) is 14.7 Å². The summed E-state index contributed by atoms with van der Waals surface area (Å²) >= 11 is 9.88. The molecule has 0 spiro atoms. The third-order valence-corrected chi connectivity index (χ3v) is 4.28. The van der Waals surface area contributed by atoms with Crippen LogP contribution in [0.5, 0.6) is 0 Å². The van der Waals surface area contributed by atoms with E-state index in [9.17, 15) is 4.79 Å². The molecule has 6 heteroatoms. The van der Waals surface area contributed by atoms with Crippen molar-refractivity contribution in [3.8, 4) is 0 Å². The fourth-order valence-electron chi connectivity index (χ4n) is 1.44. The molecule has 0 fully saturated rings. The molecule has 1 heterocycles. The van der Waals surface area contributed by atoms with E-state index in [1.807, 2.05) is 18.4 Å². The minimum atomic E-state index is -0.349. The summed E-state index contributed by atoms with van der Waals surface area (Å²) in [6, 6.07) is 1.99. The summed E-state index contributed by atoms with van der Waals surface area (Å²) in [6.45, 7) is 2.53. The Balaban J connectivity index is 2.50. The maximum atomic E-state index is 11.9. The molecule has 1 aromatic rings. The number of hydrogen-bond donors (Lipinski definition) is 2. The van der Waals surface area contributed by atoms with Crippen LogP contribution in [0.25, 0.3) is 0 Å². The van der Waals surface area contributed by atoms with Gasteiger partial charge in [0.25, 0.3) is 0 Å². The van der Waals surface area contributed by atoms with Crippen LogP contribution in [0.1, 0.15) is 24.6 Å². The summed E-state index contributed by atoms with van der Waals surface area (Å²) in [5, 5.41) is 4.85. The first-order chi connectivity index (χ1) is 8.04. The van der Waals surface area contributed by atoms with Crippen molar-refractivity contribution in [3.63, 3.8) is 0 Å². The lowest BCUT2D eigenvalue weighted by molar-refractivity contribution is -0.123. The molecule has 0 saturated carbocycles. The van der Waals surface area contributed by atoms with Crippen LogP contribution in [0.15, 0.2) is 15.9 Å². The number of hydrogen-bond acceptors (Lipinski definition) is 3. The van der Waals surface area contributed by atoms with Crippen LogP contribution in [0.4, 0.5) is 0 Å². The Hall–Kier alpha value is -0.460. The van der Waals surface area contributed by atoms with Crippen molar-refractivity contribution in [1.82, 2.24) is 5.32 Å². The molecular formula is C11H15BrN2OS2. The molecule has 17 heavy (non-hydrogen) atoms. The van der Waals surface area contributed by atoms with Gasteiger partial charge in [-0.3, -0.25) is 4.79 Å². The Morgan fingerprint density at radius 2 is 2.41 bits per heavy atom. The molecule has 1 atom stereocenters. The van der Waals surface area contributed by atoms with E-state index < -0.39 is 0 Å². The monoisotopic (exact) mass is 334 g/mol. The van der Waals surface area contributed by atoms with Crippen LogP contribution < -0.4 is 11.1 Å². The van der Waals surface area contributed by atoms with E-state index in [0.29, 0.717) is 13.0 Å². The Bertz CT molecular complexity index is 406. The van der Waals surface area contributed by atoms with Crippen LogP contribution in [-0.4, -0.2) is 10.9 Å². The lowest BCUT2D eigenvalue weighted by atomic mass is 10.0. The third-order valence-electron chi connectivity index (χ3n) is 2.30. The number of nitrogens with one attached hydrogen (secondary N) is 1. The number of carbonyl (C=O) groups is 1. The highest BCUT2D eigenvalue weighted by Gasteiger charge is 2.19. The van der Waals surface area contributed by atoms with E-state index in [2.05, 4.69) is 21.2 Å². The maximum absolute atomic E-state index is 11.9. The zero-order valence-electron chi connectivity index (χ0n) is 9.53. The first-order valence-corrected chi connectivity index (χ1v) is 7.42. The summed E-state index contributed by atoms with van der Waals surface area (Å²) in [4.78, 5) is 13.2. The molecule has 0 saturated heterocycles. The van der Waals surface area contributed by atoms with Crippen LogP contribution in [-0.2, 0) is 11.3 Å². The van der Waals surface area contributed by atoms with E-state index in [0.717, 1.165) is 15.8 Å². The predicted octanol–water partition coefficient (Wildman–Crippen LogP) is 2.83. The maximum Gasteiger partial charge on any atom is 0.230 e. The Kier molecular flexibility index (Phi) is 6.08. The summed E-state index contributed by atoms with van der Waals surface area (Å²) in [7, 11) is 0. The average Bonchev–Trinajstić information content (AvgIpc) is 2.68. The number of rotatable bonds is 6. The van der Waals surface area contributed by atoms with Crippen LogP contribution >= 0.6 is 39.5 Å². The molecule has 0 radical (unpaired) electrons. The van der Waals surface area contributed by atoms with Gasteiger partial charge in [0.2, 0.25) is 5.91 Å². The average molecular weight is 335 g/mol. The highest BCUT2D eigenvalue weighted by Crippen LogP contribution is 2.19. The Morgan fingerprint density at radius 1 is 1.71 bits per heavy atom. The second kappa shape index (κ2) is 7.08. The van der Waals surface area contributed by atoms with E-state index in [-0.39, 0.29) is 16.8 Å². The largest absolute Gasteiger partial charge is 0.393 e. The minimum Gasteiger partial charge on any atom is -0.393 e. The van der Waals surface area contributed by atoms with Crippen LogP contribution in [0, 0.1) is 5.92 Å². The van der Waals surface area contributed by atoms with E-state index in [1.54, 1.807) is 11.3 Å². The molecule has 3 N–H and O–H groups in total. The Labute approximate surface area is 119 Å². The number of carbonyl (C=O) groups excluding carboxylic acids is 1. The smallest absolute Gasteiger partial charge is 0.230 e. The molecule has 0 aliphatic rings. The molecule has 0 aromatic carbocycles. The summed E-state index contributed by atoms with van der Waals surface area (Å²) in [5.41, 5.74) is 5.56. The number of halogens is 1. The van der Waals surface area contributed by atoms with Crippen molar-refractivity contribution >= 4 is 50.4 Å². The van der Waals surface area contributed by atoms with Crippen molar-refractivity contribution < 1.29 is 4.79 Å². The quantitative estimate of drug-likeness (QED) is 0.786. The molecule has 1 rings (SSSR count). The van der Waals surface area contributed by atoms with Gasteiger partial charge in [-0.2, -0.15) is 0 Å². The molecule has 0 bridgehead atoms. The van der Waals surface area contributed by atoms with Gasteiger partial charge in [0.05, 0.1) is 17.5 Å². The van der Waals surface area contributed by atoms with Gasteiger partial charge in [-0.15, -0.1) is 11.3 Å². The van der Waals surface area contributed by atoms with Crippen molar-refractivity contribution in [3.05, 3.63) is 20.8 Å². The summed E-state index contributed by atoms with van der Waals surface area (Å²) in [6.07, 6.45) is 1.59. The number of thiophene rings is 1. The molecule has 94 valence electrons. The third kappa shape index (κ3) is 4.73. The molecule has 3 nitrogen and oxygen atoms in total. The van der Waals surface area contributed by atoms with Crippen LogP contribution in [0.2, 0.25) is 0 Å². The van der Waals surface area contributed by atoms with Gasteiger partial charge < -0.3 is 11.1 Å². The van der Waals surface area contributed by atoms with Crippen molar-refractivity contribution in [2.24, 2.45) is 11.7 Å². The molecule has 1 unspecified atom stereocenters. The summed E-state index contributed by atoms with van der Waals surface area (Å²) in [5.74, 6) is -0.428. The highest BCUT2D eigenvalue weighted by molar-refractivity contribution is 9.10. The van der Waals surface area contributed by atoms with Crippen molar-refractivity contribution in [1.29, 1.82) is 0 Å². The fourth-order valence-corrected chi connectivity index (χ4v) is 3.05. The number of amides is 1. The molecule has 0 aliphatic carbocycles. The van der Waals surface area contributed by atoms with E-state index in [1.165, 1.54) is 0 Å². The van der Waals surface area contributed by atoms with Crippen molar-refractivity contribution in [2.45, 2.75) is 26.3 Å². The number of nitrogens with two attached hydrogens (primary N) is 1. The predicted molar refractivity (Wildman–Crippen MR) is 79.0 cm³/mol. The van der Waals surface area contributed by atoms with E-state index in [4.69, 9.17) is 18.0 Å². The fraction of sp³-hybridized carbons (Fsp3) is 0.455. The van der Waals surface area contributed by atoms with Crippen molar-refractivity contribution in [2.75, 3.05) is 0 Å². The molecule has 1 amide bonds. The molecule has 0 aliphatic heterocycles. The standard InChI is InChI=1S/C11H15BrN2OS2/c1-2-3-9(10(13)16)11(15)14-5-8-4-7(12)6-17-8/h4,6,9H,2-3,5H2,1H3,(H2,13,16)(H,14,15). The van der Waals surface area contributed by atoms with Gasteiger partial charge in [0.15, 0.2) is 0 Å². The van der Waals surface area contributed by atoms with Gasteiger partial charge >= 0.3 is 0 Å². The Morgan fingerprint density at radius 3 is 2.88 bits per heavy atom. The first-order valence-electron chi connectivity index (χ1n) is 5.34. The lowest BCUT2D eigenvalue weighted by Crippen LogP contribution is -2.37. The minimum absolute atomic E-state index is 0.0797. The molecule has 1 aromatic heterocycles. The second-order valence-corrected chi connectivity index (χ2v) is 6.08. The highest BCUT2D eigenvalue weighted by atomic mass is 79.9. The normalized spacial score (nSPS) is 12.1. The van der Waals surface area contributed by atoms with Gasteiger partial charge in [-0.05, 0) is 28.4 Å². The number of thiocarbonyl (C=S) groups is 1. The lowest BCUT2D eigenvalue weighted by Gasteiger charge is -2.13. The van der Waals surface area contributed by atoms with Gasteiger partial charge in [0.1, 0.15) is 0 Å². The zero-order valence-corrected chi connectivity index (χ0v) is 12.8. The summed E-state index contributed by atoms with van der Waals surface area (Å²) < 4.78 is 1.03. The topological polar surface area (TPSA) is 55.1 Å². The van der Waals surface area contributed by atoms with Crippen LogP contribution in [0.3, 0.4) is 0 Å². The molecular weight excluding hydrogens is 320 g/mol.